The molecular formula is C94H85Br4N31O12S5. The quantitative estimate of drug-likeness (QED) is 0.0416. The number of nitrogen functional groups attached to an aromatic ring is 4. The van der Waals surface area contributed by atoms with Crippen molar-refractivity contribution in [3.05, 3.63) is 227 Å². The van der Waals surface area contributed by atoms with E-state index in [-0.39, 0.29) is 93.8 Å². The Morgan fingerprint density at radius 1 is 0.438 bits per heavy atom. The van der Waals surface area contributed by atoms with Gasteiger partial charge in [0, 0.05) is 68.1 Å². The average Bonchev–Trinajstić information content (AvgIpc) is 1.85. The van der Waals surface area contributed by atoms with E-state index < -0.39 is 17.5 Å². The van der Waals surface area contributed by atoms with Crippen molar-refractivity contribution in [2.45, 2.75) is 87.7 Å². The van der Waals surface area contributed by atoms with E-state index in [1.54, 1.807) is 93.1 Å². The van der Waals surface area contributed by atoms with Crippen LogP contribution in [-0.4, -0.2) is 220 Å². The standard InChI is InChI=1S/C30H31N7O4S.C24H22N8O2S.C12H11BrN4O2S.C12H9BrN4OS.C11H8BrN5OS.C5H4BrN3O2/c1-18-9-14-42-25(18)27-35-34-26(40-27)24-19(2)32-17-23(33-24)22-8-7-20(15-21(22)16-31)28(38)36-10-6-11-37(13-12-36)29(39)41-30(3,4)5;1-14-5-10-35-20(14)23-31-30-22(34-23)19-21(26)28-13-18(29-19)17-4-3-15(11-16(17)12-25)24(33)32-8-2-6-27-7-9-32;1-6-2-3-20-10(6)7(18)4-16-12(19)9-11(14)15-5-8(13)17-9;1-6-3-4-19-10(6)12-17-16-11(18-12)9-7(2)14-5-8(13)15-9;1-5-2-3-19-8(5)11-17-16-10(18-11)7-9(13)14-4-6(12)15-7;6-2-1-8-4(7)3(9-2)5(10)11/h7-9,14-15,17H,6,10-13H2,1-5H3;3-5,10-11,13,27H,2,6-9H2,1H3,(H2,26,28);2-3,5H,4H2,1H3,(H2,14,15)(H,16,19);3-5H,1-2H3;2-4H,1H3,(H2,13,14);1H,(H2,7,8)(H,10,11). The molecular weight excluding hydrogens is 2240 g/mol. The van der Waals surface area contributed by atoms with Crippen molar-refractivity contribution < 1.29 is 56.3 Å². The molecule has 11 N–H and O–H groups in total. The topological polar surface area (TPSA) is 628 Å². The largest absolute Gasteiger partial charge is 0.476 e. The number of amides is 4. The second kappa shape index (κ2) is 48.5. The molecule has 0 radical (unpaired) electrons. The highest BCUT2D eigenvalue weighted by Gasteiger charge is 2.31. The first-order valence-electron chi connectivity index (χ1n) is 43.8. The number of carboxylic acid groups (broad SMARTS) is 1. The van der Waals surface area contributed by atoms with Crippen LogP contribution in [0, 0.1) is 71.1 Å². The summed E-state index contributed by atoms with van der Waals surface area (Å²) in [6, 6.07) is 24.2. The first-order valence-corrected chi connectivity index (χ1v) is 51.3. The van der Waals surface area contributed by atoms with Crippen molar-refractivity contribution in [1.82, 2.24) is 126 Å². The minimum Gasteiger partial charge on any atom is -0.476 e. The van der Waals surface area contributed by atoms with Gasteiger partial charge in [-0.1, -0.05) is 12.1 Å². The van der Waals surface area contributed by atoms with Crippen molar-refractivity contribution in [2.24, 2.45) is 0 Å². The maximum absolute atomic E-state index is 13.4. The second-order valence-electron chi connectivity index (χ2n) is 32.6. The van der Waals surface area contributed by atoms with E-state index in [9.17, 15) is 39.3 Å². The van der Waals surface area contributed by atoms with E-state index in [1.807, 2.05) is 120 Å². The molecule has 2 aliphatic heterocycles. The van der Waals surface area contributed by atoms with Crippen LogP contribution < -0.4 is 33.6 Å². The number of nitriles is 2. The molecule has 2 fully saturated rings. The van der Waals surface area contributed by atoms with Crippen molar-refractivity contribution >= 4 is 179 Å². The number of aryl methyl sites for hydroxylation is 7. The van der Waals surface area contributed by atoms with Crippen LogP contribution in [0.25, 0.3) is 112 Å². The molecule has 146 heavy (non-hydrogen) atoms. The molecule has 0 unspecified atom stereocenters. The number of carbonyl (C=O) groups is 6. The predicted octanol–water partition coefficient (Wildman–Crippen LogP) is 17.5. The SMILES string of the molecule is Cc1ccsc1-c1nnc(-c2nc(-c3ccc(C(=O)N4CCCN(C(=O)OC(C)(C)C)CC4)cc3C#N)cnc2C)o1.Cc1ccsc1-c1nnc(-c2nc(-c3ccc(C(=O)N4CCCNCC4)cc3C#N)cnc2N)o1.Cc1ccsc1-c1nnc(-c2nc(Br)cnc2C)o1.Cc1ccsc1-c1nnc(-c2nc(Br)cnc2N)o1.Cc1ccsc1C(=O)CNC(=O)c1nc(Br)cnc1N.Nc1ncc(Br)nc1C(=O)O. The number of ether oxygens (including phenoxy) is 1. The Labute approximate surface area is 885 Å². The first-order chi connectivity index (χ1) is 70.0. The number of aromatic nitrogens is 20. The fourth-order valence-electron chi connectivity index (χ4n) is 13.7. The normalized spacial score (nSPS) is 12.3. The zero-order valence-electron chi connectivity index (χ0n) is 79.0. The van der Waals surface area contributed by atoms with Crippen LogP contribution in [0.3, 0.4) is 0 Å². The molecule has 0 atom stereocenters. The zero-order valence-corrected chi connectivity index (χ0v) is 89.4. The molecule has 746 valence electrons. The number of halogens is 4. The van der Waals surface area contributed by atoms with Crippen LogP contribution in [0.2, 0.25) is 0 Å². The number of Topliss-reactive ketones (excluding diaryl/α,β-unsaturated/α-hetero) is 1. The highest BCUT2D eigenvalue weighted by Crippen LogP contribution is 2.38. The number of nitrogens with zero attached hydrogens (tertiary/aromatic N) is 25. The maximum Gasteiger partial charge on any atom is 0.410 e. The summed E-state index contributed by atoms with van der Waals surface area (Å²) in [6.45, 7) is 23.5. The van der Waals surface area contributed by atoms with Crippen LogP contribution in [0.1, 0.15) is 135 Å². The highest BCUT2D eigenvalue weighted by molar-refractivity contribution is 9.11. The number of rotatable bonds is 17. The number of anilines is 4. The summed E-state index contributed by atoms with van der Waals surface area (Å²) in [6.07, 6.45) is 10.1. The summed E-state index contributed by atoms with van der Waals surface area (Å²) >= 11 is 20.1. The van der Waals surface area contributed by atoms with Crippen LogP contribution >= 0.6 is 120 Å². The van der Waals surface area contributed by atoms with Gasteiger partial charge in [-0.2, -0.15) is 10.5 Å². The van der Waals surface area contributed by atoms with E-state index in [0.29, 0.717) is 160 Å². The van der Waals surface area contributed by atoms with E-state index >= 15 is 0 Å². The van der Waals surface area contributed by atoms with E-state index in [4.69, 9.17) is 55.4 Å². The first kappa shape index (κ1) is 107. The summed E-state index contributed by atoms with van der Waals surface area (Å²) in [7, 11) is 0. The molecule has 17 aromatic rings. The fourth-order valence-corrected chi connectivity index (χ4v) is 19.1. The summed E-state index contributed by atoms with van der Waals surface area (Å²) in [4.78, 5) is 132. The lowest BCUT2D eigenvalue weighted by molar-refractivity contribution is 0.0255. The number of nitrogens with two attached hydrogens (primary N) is 4. The van der Waals surface area contributed by atoms with Gasteiger partial charge in [0.25, 0.3) is 64.8 Å². The lowest BCUT2D eigenvalue weighted by Crippen LogP contribution is -2.40. The predicted molar refractivity (Wildman–Crippen MR) is 560 cm³/mol. The monoisotopic (exact) mass is 2320 g/mol. The Hall–Kier alpha value is -15.1. The molecule has 0 aliphatic carbocycles. The van der Waals surface area contributed by atoms with Gasteiger partial charge in [0.2, 0.25) is 0 Å². The third kappa shape index (κ3) is 26.7. The summed E-state index contributed by atoms with van der Waals surface area (Å²) in [5.41, 5.74) is 33.3. The Balaban J connectivity index is 0.000000145. The van der Waals surface area contributed by atoms with Crippen molar-refractivity contribution in [1.29, 1.82) is 10.5 Å². The molecule has 2 aromatic carbocycles. The Morgan fingerprint density at radius 2 is 0.808 bits per heavy atom. The number of hydrogen-bond acceptors (Lipinski definition) is 43. The van der Waals surface area contributed by atoms with Gasteiger partial charge in [-0.25, -0.2) is 59.4 Å². The third-order valence-electron chi connectivity index (χ3n) is 21.1. The van der Waals surface area contributed by atoms with Crippen LogP contribution in [0.4, 0.5) is 28.1 Å². The second-order valence-corrected chi connectivity index (χ2v) is 40.4. The minimum absolute atomic E-state index is 0.00456. The molecule has 43 nitrogen and oxygen atoms in total. The number of benzene rings is 2. The summed E-state index contributed by atoms with van der Waals surface area (Å²) in [5, 5.41) is 76.5. The molecule has 0 spiro atoms. The number of carboxylic acids is 1. The molecule has 2 saturated heterocycles. The van der Waals surface area contributed by atoms with Crippen molar-refractivity contribution in [3.8, 4) is 124 Å². The van der Waals surface area contributed by atoms with Gasteiger partial charge >= 0.3 is 12.1 Å². The number of ketones is 1. The summed E-state index contributed by atoms with van der Waals surface area (Å²) in [5.74, 6) is 0.940. The van der Waals surface area contributed by atoms with Crippen molar-refractivity contribution in [3.63, 3.8) is 0 Å². The van der Waals surface area contributed by atoms with Crippen LogP contribution in [0.15, 0.2) is 167 Å². The van der Waals surface area contributed by atoms with Gasteiger partial charge in [-0.15, -0.1) is 97.5 Å². The van der Waals surface area contributed by atoms with Crippen LogP contribution in [-0.2, 0) is 4.74 Å². The maximum atomic E-state index is 13.4. The number of carbonyl (C=O) groups excluding carboxylic acids is 5. The Bertz CT molecular complexity index is 7640. The number of aromatic carboxylic acids is 1. The minimum atomic E-state index is -1.18. The molecule has 0 saturated carbocycles. The van der Waals surface area contributed by atoms with E-state index in [0.717, 1.165) is 72.5 Å². The molecule has 15 aromatic heterocycles. The zero-order chi connectivity index (χ0) is 104. The van der Waals surface area contributed by atoms with Gasteiger partial charge in [0.15, 0.2) is 51.8 Å². The van der Waals surface area contributed by atoms with Crippen LogP contribution in [0.5, 0.6) is 0 Å². The van der Waals surface area contributed by atoms with Gasteiger partial charge < -0.3 is 75.8 Å². The Morgan fingerprint density at radius 3 is 1.26 bits per heavy atom. The lowest BCUT2D eigenvalue weighted by Gasteiger charge is -2.26. The third-order valence-corrected chi connectivity index (χ3v) is 27.7. The highest BCUT2D eigenvalue weighted by atomic mass is 79.9. The Kier molecular flexibility index (Phi) is 35.4. The molecule has 4 amide bonds. The molecule has 2 aliphatic rings. The average molecular weight is 2320 g/mol. The summed E-state index contributed by atoms with van der Waals surface area (Å²) < 4.78 is 30.5. The van der Waals surface area contributed by atoms with Gasteiger partial charge in [-0.3, -0.25) is 29.1 Å². The molecule has 19 rings (SSSR count). The lowest BCUT2D eigenvalue weighted by atomic mass is 10.0. The number of thiophene rings is 5. The van der Waals surface area contributed by atoms with Gasteiger partial charge in [0.1, 0.15) is 35.4 Å². The van der Waals surface area contributed by atoms with Crippen molar-refractivity contribution in [2.75, 3.05) is 81.8 Å². The smallest absolute Gasteiger partial charge is 0.410 e. The van der Waals surface area contributed by atoms with Gasteiger partial charge in [-0.05, 0) is 262 Å². The van der Waals surface area contributed by atoms with E-state index in [2.05, 4.69) is 182 Å². The fraction of sp³-hybridized carbons (Fsp3) is 0.234. The number of hydrogen-bond donors (Lipinski definition) is 7. The molecule has 52 heteroatoms. The van der Waals surface area contributed by atoms with Gasteiger partial charge in [0.05, 0.1) is 114 Å². The molecule has 0 bridgehead atoms. The van der Waals surface area contributed by atoms with E-state index in [1.165, 1.54) is 58.8 Å². The number of nitrogens with one attached hydrogen (secondary N) is 2. The molecule has 17 heterocycles.